The fourth-order valence-electron chi connectivity index (χ4n) is 3.96. The summed E-state index contributed by atoms with van der Waals surface area (Å²) in [6, 6.07) is 6.47. The van der Waals surface area contributed by atoms with Gasteiger partial charge in [-0.25, -0.2) is 9.97 Å². The van der Waals surface area contributed by atoms with Crippen molar-refractivity contribution in [2.24, 2.45) is 5.41 Å². The van der Waals surface area contributed by atoms with Gasteiger partial charge in [-0.3, -0.25) is 9.59 Å². The third-order valence-corrected chi connectivity index (χ3v) is 6.79. The Morgan fingerprint density at radius 3 is 2.70 bits per heavy atom. The van der Waals surface area contributed by atoms with E-state index < -0.39 is 17.3 Å². The summed E-state index contributed by atoms with van der Waals surface area (Å²) in [7, 11) is 4.15. The Kier molecular flexibility index (Phi) is 5.33. The number of hydrogen-bond acceptors (Lipinski definition) is 6. The zero-order chi connectivity index (χ0) is 21.5. The van der Waals surface area contributed by atoms with E-state index in [1.807, 2.05) is 18.6 Å². The average Bonchev–Trinajstić information content (AvgIpc) is 3.17. The highest BCUT2D eigenvalue weighted by Gasteiger charge is 2.57. The van der Waals surface area contributed by atoms with Crippen LogP contribution in [0.25, 0.3) is 10.2 Å². The highest BCUT2D eigenvalue weighted by molar-refractivity contribution is 7.22. The number of nitrogens with zero attached hydrogens (tertiary/aromatic N) is 4. The van der Waals surface area contributed by atoms with Gasteiger partial charge >= 0.3 is 5.97 Å². The van der Waals surface area contributed by atoms with E-state index >= 15 is 0 Å². The topological polar surface area (TPSA) is 100 Å². The Labute approximate surface area is 178 Å². The van der Waals surface area contributed by atoms with Gasteiger partial charge in [0.2, 0.25) is 5.91 Å². The number of aliphatic carboxylic acids is 1. The van der Waals surface area contributed by atoms with E-state index in [-0.39, 0.29) is 12.1 Å². The van der Waals surface area contributed by atoms with Crippen LogP contribution in [0.3, 0.4) is 0 Å². The number of amides is 1. The third kappa shape index (κ3) is 3.59. The number of benzene rings is 1. The third-order valence-electron chi connectivity index (χ3n) is 5.86. The lowest BCUT2D eigenvalue weighted by Crippen LogP contribution is -2.36. The van der Waals surface area contributed by atoms with Gasteiger partial charge in [0.15, 0.2) is 5.13 Å². The molecule has 1 saturated carbocycles. The number of rotatable bonds is 8. The summed E-state index contributed by atoms with van der Waals surface area (Å²) >= 11 is 1.36. The van der Waals surface area contributed by atoms with Crippen molar-refractivity contribution in [2.45, 2.75) is 38.3 Å². The molecule has 2 atom stereocenters. The van der Waals surface area contributed by atoms with Gasteiger partial charge in [0.1, 0.15) is 5.41 Å². The molecule has 1 aliphatic rings. The quantitative estimate of drug-likeness (QED) is 0.536. The van der Waals surface area contributed by atoms with E-state index in [1.165, 1.54) is 11.3 Å². The van der Waals surface area contributed by atoms with Crippen LogP contribution in [0.4, 0.5) is 5.13 Å². The molecule has 1 unspecified atom stereocenters. The van der Waals surface area contributed by atoms with Gasteiger partial charge in [-0.2, -0.15) is 0 Å². The smallest absolute Gasteiger partial charge is 0.319 e. The predicted octanol–water partition coefficient (Wildman–Crippen LogP) is 3.23. The normalized spacial score (nSPS) is 17.1. The first-order valence-electron chi connectivity index (χ1n) is 9.95. The first kappa shape index (κ1) is 20.5. The summed E-state index contributed by atoms with van der Waals surface area (Å²) < 4.78 is 3.06. The fourth-order valence-corrected chi connectivity index (χ4v) is 4.87. The number of anilines is 1. The molecule has 0 spiro atoms. The minimum atomic E-state index is -1.28. The van der Waals surface area contributed by atoms with Crippen molar-refractivity contribution < 1.29 is 14.7 Å². The van der Waals surface area contributed by atoms with Crippen LogP contribution in [0.5, 0.6) is 0 Å². The number of imidazole rings is 1. The molecule has 0 saturated heterocycles. The van der Waals surface area contributed by atoms with Crippen molar-refractivity contribution >= 4 is 38.6 Å². The van der Waals surface area contributed by atoms with Gasteiger partial charge in [0.25, 0.3) is 0 Å². The number of carbonyl (C=O) groups is 2. The summed E-state index contributed by atoms with van der Waals surface area (Å²) in [6.07, 6.45) is 7.30. The van der Waals surface area contributed by atoms with E-state index in [9.17, 15) is 14.7 Å². The van der Waals surface area contributed by atoms with Gasteiger partial charge in [0.05, 0.1) is 22.6 Å². The number of thiazole rings is 1. The maximum Gasteiger partial charge on any atom is 0.319 e. The first-order valence-corrected chi connectivity index (χ1v) is 10.8. The second kappa shape index (κ2) is 7.81. The second-order valence-electron chi connectivity index (χ2n) is 7.98. The van der Waals surface area contributed by atoms with Crippen molar-refractivity contribution in [3.05, 3.63) is 42.5 Å². The molecule has 2 aromatic heterocycles. The second-order valence-corrected chi connectivity index (χ2v) is 9.01. The predicted molar refractivity (Wildman–Crippen MR) is 116 cm³/mol. The summed E-state index contributed by atoms with van der Waals surface area (Å²) in [4.78, 5) is 34.7. The molecule has 158 valence electrons. The van der Waals surface area contributed by atoms with Crippen LogP contribution in [0.1, 0.15) is 37.8 Å². The number of fused-ring (bicyclic) bond motifs is 1. The molecule has 2 N–H and O–H groups in total. The van der Waals surface area contributed by atoms with Crippen LogP contribution in [0.2, 0.25) is 0 Å². The molecule has 4 rings (SSSR count). The Morgan fingerprint density at radius 1 is 1.37 bits per heavy atom. The summed E-state index contributed by atoms with van der Waals surface area (Å²) in [5.74, 6) is -1.55. The molecule has 1 amide bonds. The summed E-state index contributed by atoms with van der Waals surface area (Å²) in [5, 5.41) is 12.4. The maximum absolute atomic E-state index is 12.4. The molecular weight excluding hydrogens is 402 g/mol. The standard InChI is InChI=1S/C21H25N5O3S/c1-4-15(25(2)3)17(26-10-9-22-12-26)13-5-6-14-16(11-13)30-20(23-14)24-18(27)21(7-8-21)19(28)29/h5-6,9-12,15,17H,4,7-8H2,1-3H3,(H,28,29)(H,23,24,27)/t15?,17-/m1/s1. The highest BCUT2D eigenvalue weighted by atomic mass is 32.1. The molecule has 3 aromatic rings. The van der Waals surface area contributed by atoms with E-state index in [2.05, 4.69) is 57.9 Å². The number of carboxylic acid groups (broad SMARTS) is 1. The molecule has 0 aliphatic heterocycles. The van der Waals surface area contributed by atoms with Crippen LogP contribution in [-0.4, -0.2) is 56.6 Å². The van der Waals surface area contributed by atoms with Crippen LogP contribution in [-0.2, 0) is 9.59 Å². The lowest BCUT2D eigenvalue weighted by Gasteiger charge is -2.33. The molecule has 0 radical (unpaired) electrons. The summed E-state index contributed by atoms with van der Waals surface area (Å²) in [6.45, 7) is 2.17. The van der Waals surface area contributed by atoms with Crippen LogP contribution >= 0.6 is 11.3 Å². The van der Waals surface area contributed by atoms with Crippen molar-refractivity contribution in [2.75, 3.05) is 19.4 Å². The maximum atomic E-state index is 12.4. The highest BCUT2D eigenvalue weighted by Crippen LogP contribution is 2.47. The Bertz CT molecular complexity index is 1070. The molecule has 8 nitrogen and oxygen atoms in total. The Hall–Kier alpha value is -2.78. The molecule has 30 heavy (non-hydrogen) atoms. The van der Waals surface area contributed by atoms with Gasteiger partial charge in [-0.15, -0.1) is 0 Å². The number of nitrogens with one attached hydrogen (secondary N) is 1. The van der Waals surface area contributed by atoms with Gasteiger partial charge in [-0.05, 0) is 51.1 Å². The molecule has 1 fully saturated rings. The van der Waals surface area contributed by atoms with E-state index in [0.717, 1.165) is 22.2 Å². The van der Waals surface area contributed by atoms with E-state index in [1.54, 1.807) is 6.20 Å². The Balaban J connectivity index is 1.65. The van der Waals surface area contributed by atoms with Crippen LogP contribution < -0.4 is 5.32 Å². The molecule has 1 aliphatic carbocycles. The van der Waals surface area contributed by atoms with E-state index in [4.69, 9.17) is 0 Å². The number of carboxylic acids is 1. The number of hydrogen-bond donors (Lipinski definition) is 2. The summed E-state index contributed by atoms with van der Waals surface area (Å²) in [5.41, 5.74) is 0.628. The Morgan fingerprint density at radius 2 is 2.13 bits per heavy atom. The first-order chi connectivity index (χ1) is 14.4. The lowest BCUT2D eigenvalue weighted by atomic mass is 9.96. The van der Waals surface area contributed by atoms with Crippen molar-refractivity contribution in [3.63, 3.8) is 0 Å². The molecular formula is C21H25N5O3S. The van der Waals surface area contributed by atoms with E-state index in [0.29, 0.717) is 18.0 Å². The SMILES string of the molecule is CCC([C@@H](c1ccc2nc(NC(=O)C3(C(=O)O)CC3)sc2c1)n1ccnc1)N(C)C. The van der Waals surface area contributed by atoms with Gasteiger partial charge in [0, 0.05) is 18.4 Å². The minimum absolute atomic E-state index is 0.0822. The van der Waals surface area contributed by atoms with Crippen molar-refractivity contribution in [1.82, 2.24) is 19.4 Å². The van der Waals surface area contributed by atoms with Gasteiger partial charge < -0.3 is 19.9 Å². The lowest BCUT2D eigenvalue weighted by molar-refractivity contribution is -0.147. The fraction of sp³-hybridized carbons (Fsp3) is 0.429. The number of carbonyl (C=O) groups excluding carboxylic acids is 1. The number of likely N-dealkylation sites (N-methyl/N-ethyl adjacent to an activating group) is 1. The van der Waals surface area contributed by atoms with Crippen LogP contribution in [0.15, 0.2) is 36.9 Å². The zero-order valence-electron chi connectivity index (χ0n) is 17.2. The molecule has 1 aromatic carbocycles. The van der Waals surface area contributed by atoms with Crippen LogP contribution in [0, 0.1) is 5.41 Å². The van der Waals surface area contributed by atoms with Crippen molar-refractivity contribution in [1.29, 1.82) is 0 Å². The van der Waals surface area contributed by atoms with Gasteiger partial charge in [-0.1, -0.05) is 24.3 Å². The largest absolute Gasteiger partial charge is 0.480 e. The van der Waals surface area contributed by atoms with Crippen molar-refractivity contribution in [3.8, 4) is 0 Å². The monoisotopic (exact) mass is 427 g/mol. The zero-order valence-corrected chi connectivity index (χ0v) is 18.0. The average molecular weight is 428 g/mol. The molecule has 2 heterocycles. The molecule has 0 bridgehead atoms. The minimum Gasteiger partial charge on any atom is -0.480 e. The number of aromatic nitrogens is 3. The molecule has 9 heteroatoms.